The van der Waals surface area contributed by atoms with E-state index in [4.69, 9.17) is 8.94 Å². The second kappa shape index (κ2) is 9.77. The van der Waals surface area contributed by atoms with E-state index in [0.29, 0.717) is 18.8 Å². The van der Waals surface area contributed by atoms with Gasteiger partial charge in [-0.15, -0.1) is 0 Å². The van der Waals surface area contributed by atoms with E-state index in [1.54, 1.807) is 17.0 Å². The highest BCUT2D eigenvalue weighted by atomic mass is 16.5. The summed E-state index contributed by atoms with van der Waals surface area (Å²) in [5.74, 6) is 0.927. The lowest BCUT2D eigenvalue weighted by Crippen LogP contribution is -2.33. The molecule has 5 rings (SSSR count). The lowest BCUT2D eigenvalue weighted by Gasteiger charge is -2.28. The van der Waals surface area contributed by atoms with Crippen LogP contribution in [0.2, 0.25) is 0 Å². The molecular weight excluding hydrogens is 414 g/mol. The Morgan fingerprint density at radius 2 is 1.61 bits per heavy atom. The minimum Gasteiger partial charge on any atom is -0.459 e. The molecule has 33 heavy (non-hydrogen) atoms. The maximum atomic E-state index is 13.4. The second-order valence-electron chi connectivity index (χ2n) is 8.35. The zero-order valence-electron chi connectivity index (χ0n) is 18.5. The molecule has 2 aromatic heterocycles. The summed E-state index contributed by atoms with van der Waals surface area (Å²) in [5.41, 5.74) is 3.74. The topological polar surface area (TPSA) is 62.7 Å². The number of nitrogens with zero attached hydrogens (tertiary/aromatic N) is 3. The predicted molar refractivity (Wildman–Crippen MR) is 127 cm³/mol. The number of hydrogen-bond acceptors (Lipinski definition) is 5. The Balaban J connectivity index is 1.54. The zero-order chi connectivity index (χ0) is 22.5. The molecule has 0 bridgehead atoms. The maximum Gasteiger partial charge on any atom is 0.290 e. The van der Waals surface area contributed by atoms with E-state index in [9.17, 15) is 4.79 Å². The van der Waals surface area contributed by atoms with E-state index in [1.807, 2.05) is 60.7 Å². The molecule has 0 saturated carbocycles. The number of amides is 1. The first-order chi connectivity index (χ1) is 16.3. The van der Waals surface area contributed by atoms with Gasteiger partial charge in [-0.25, -0.2) is 0 Å². The fraction of sp³-hybridized carbons (Fsp3) is 0.259. The SMILES string of the molecule is O=C(c1ccco1)N(Cc1ccccc1)Cc1c(-c2ccccc2)noc1N1CCCCC1. The van der Waals surface area contributed by atoms with Crippen LogP contribution >= 0.6 is 0 Å². The van der Waals surface area contributed by atoms with Gasteiger partial charge in [-0.2, -0.15) is 0 Å². The Hall–Kier alpha value is -3.80. The molecule has 0 aliphatic carbocycles. The molecule has 2 aromatic carbocycles. The molecule has 0 atom stereocenters. The van der Waals surface area contributed by atoms with Crippen LogP contribution in [-0.2, 0) is 13.1 Å². The van der Waals surface area contributed by atoms with Gasteiger partial charge in [0.15, 0.2) is 5.76 Å². The summed E-state index contributed by atoms with van der Waals surface area (Å²) in [4.78, 5) is 17.5. The molecule has 1 aliphatic rings. The van der Waals surface area contributed by atoms with Gasteiger partial charge in [0.25, 0.3) is 5.91 Å². The van der Waals surface area contributed by atoms with Crippen molar-refractivity contribution in [2.45, 2.75) is 32.4 Å². The number of piperidine rings is 1. The summed E-state index contributed by atoms with van der Waals surface area (Å²) in [6.45, 7) is 2.69. The predicted octanol–water partition coefficient (Wildman–Crippen LogP) is 5.77. The third-order valence-corrected chi connectivity index (χ3v) is 6.04. The summed E-state index contributed by atoms with van der Waals surface area (Å²) in [7, 11) is 0. The molecule has 4 aromatic rings. The highest BCUT2D eigenvalue weighted by Gasteiger charge is 2.28. The van der Waals surface area contributed by atoms with Crippen molar-refractivity contribution in [2.75, 3.05) is 18.0 Å². The van der Waals surface area contributed by atoms with E-state index >= 15 is 0 Å². The van der Waals surface area contributed by atoms with Crippen LogP contribution in [-0.4, -0.2) is 29.1 Å². The van der Waals surface area contributed by atoms with Gasteiger partial charge in [0.2, 0.25) is 5.88 Å². The lowest BCUT2D eigenvalue weighted by molar-refractivity contribution is 0.0698. The fourth-order valence-electron chi connectivity index (χ4n) is 4.36. The number of carbonyl (C=O) groups is 1. The first-order valence-electron chi connectivity index (χ1n) is 11.5. The van der Waals surface area contributed by atoms with Crippen LogP contribution in [0.25, 0.3) is 11.3 Å². The van der Waals surface area contributed by atoms with Crippen molar-refractivity contribution in [3.8, 4) is 11.3 Å². The Morgan fingerprint density at radius 3 is 2.30 bits per heavy atom. The third-order valence-electron chi connectivity index (χ3n) is 6.04. The van der Waals surface area contributed by atoms with Gasteiger partial charge in [-0.05, 0) is 37.0 Å². The number of furan rings is 1. The first-order valence-corrected chi connectivity index (χ1v) is 11.5. The Labute approximate surface area is 193 Å². The molecule has 6 heteroatoms. The molecule has 1 saturated heterocycles. The van der Waals surface area contributed by atoms with Crippen molar-refractivity contribution in [1.82, 2.24) is 10.1 Å². The van der Waals surface area contributed by atoms with E-state index in [-0.39, 0.29) is 5.91 Å². The maximum absolute atomic E-state index is 13.4. The Bertz CT molecular complexity index is 1160. The average molecular weight is 442 g/mol. The van der Waals surface area contributed by atoms with Crippen molar-refractivity contribution in [2.24, 2.45) is 0 Å². The smallest absolute Gasteiger partial charge is 0.290 e. The van der Waals surface area contributed by atoms with Crippen molar-refractivity contribution in [1.29, 1.82) is 0 Å². The lowest BCUT2D eigenvalue weighted by atomic mass is 10.0. The molecule has 0 N–H and O–H groups in total. The van der Waals surface area contributed by atoms with Crippen LogP contribution < -0.4 is 4.90 Å². The Kier molecular flexibility index (Phi) is 6.24. The van der Waals surface area contributed by atoms with Gasteiger partial charge in [0.1, 0.15) is 5.69 Å². The molecule has 3 heterocycles. The Morgan fingerprint density at radius 1 is 0.879 bits per heavy atom. The monoisotopic (exact) mass is 441 g/mol. The summed E-state index contributed by atoms with van der Waals surface area (Å²) in [5, 5.41) is 4.47. The third kappa shape index (κ3) is 4.70. The van der Waals surface area contributed by atoms with Crippen molar-refractivity contribution < 1.29 is 13.7 Å². The van der Waals surface area contributed by atoms with Crippen LogP contribution in [0.4, 0.5) is 5.88 Å². The van der Waals surface area contributed by atoms with Gasteiger partial charge in [0.05, 0.1) is 18.4 Å². The number of benzene rings is 2. The van der Waals surface area contributed by atoms with E-state index in [0.717, 1.165) is 54.2 Å². The highest BCUT2D eigenvalue weighted by Crippen LogP contribution is 2.34. The summed E-state index contributed by atoms with van der Waals surface area (Å²) in [6, 6.07) is 23.5. The van der Waals surface area contributed by atoms with Crippen molar-refractivity contribution >= 4 is 11.8 Å². The van der Waals surface area contributed by atoms with Gasteiger partial charge in [0, 0.05) is 25.2 Å². The zero-order valence-corrected chi connectivity index (χ0v) is 18.5. The molecule has 1 amide bonds. The average Bonchev–Trinajstić information content (AvgIpc) is 3.56. The van der Waals surface area contributed by atoms with Gasteiger partial charge in [-0.1, -0.05) is 65.8 Å². The van der Waals surface area contributed by atoms with Crippen LogP contribution in [0.15, 0.2) is 88.0 Å². The number of anilines is 1. The normalized spacial score (nSPS) is 13.8. The molecule has 1 aliphatic heterocycles. The molecular formula is C27H27N3O3. The van der Waals surface area contributed by atoms with Gasteiger partial charge >= 0.3 is 0 Å². The van der Waals surface area contributed by atoms with Gasteiger partial charge in [-0.3, -0.25) is 4.79 Å². The standard InChI is InChI=1S/C27H27N3O3/c31-26(24-15-10-18-32-24)30(19-21-11-4-1-5-12-21)20-23-25(22-13-6-2-7-14-22)28-33-27(23)29-16-8-3-9-17-29/h1-2,4-7,10-15,18H,3,8-9,16-17,19-20H2. The summed E-state index contributed by atoms with van der Waals surface area (Å²) >= 11 is 0. The number of hydrogen-bond donors (Lipinski definition) is 0. The summed E-state index contributed by atoms with van der Waals surface area (Å²) < 4.78 is 11.4. The number of rotatable bonds is 7. The molecule has 0 unspecified atom stereocenters. The van der Waals surface area contributed by atoms with Gasteiger partial charge < -0.3 is 18.7 Å². The highest BCUT2D eigenvalue weighted by molar-refractivity contribution is 5.91. The fourth-order valence-corrected chi connectivity index (χ4v) is 4.36. The second-order valence-corrected chi connectivity index (χ2v) is 8.35. The number of carbonyl (C=O) groups excluding carboxylic acids is 1. The van der Waals surface area contributed by atoms with E-state index in [1.165, 1.54) is 12.7 Å². The minimum absolute atomic E-state index is 0.159. The van der Waals surface area contributed by atoms with Crippen molar-refractivity contribution in [3.63, 3.8) is 0 Å². The van der Waals surface area contributed by atoms with Crippen molar-refractivity contribution in [3.05, 3.63) is 95.9 Å². The molecule has 6 nitrogen and oxygen atoms in total. The number of aromatic nitrogens is 1. The molecule has 1 fully saturated rings. The van der Waals surface area contributed by atoms with Crippen LogP contribution in [0.3, 0.4) is 0 Å². The molecule has 0 radical (unpaired) electrons. The first kappa shape index (κ1) is 21.1. The van der Waals surface area contributed by atoms with Crippen LogP contribution in [0.1, 0.15) is 40.9 Å². The largest absolute Gasteiger partial charge is 0.459 e. The minimum atomic E-state index is -0.159. The van der Waals surface area contributed by atoms with E-state index < -0.39 is 0 Å². The quantitative estimate of drug-likeness (QED) is 0.364. The molecule has 168 valence electrons. The summed E-state index contributed by atoms with van der Waals surface area (Å²) in [6.07, 6.45) is 5.00. The van der Waals surface area contributed by atoms with E-state index in [2.05, 4.69) is 10.1 Å². The van der Waals surface area contributed by atoms with Crippen LogP contribution in [0, 0.1) is 0 Å². The van der Waals surface area contributed by atoms with Crippen LogP contribution in [0.5, 0.6) is 0 Å². The molecule has 0 spiro atoms.